The molecule has 0 aromatic carbocycles. The Balaban J connectivity index is 2.95. The fourth-order valence-electron chi connectivity index (χ4n) is 3.57. The van der Waals surface area contributed by atoms with E-state index in [0.717, 1.165) is 41.7 Å². The minimum absolute atomic E-state index is 0.717. The van der Waals surface area contributed by atoms with E-state index in [0.29, 0.717) is 0 Å². The van der Waals surface area contributed by atoms with E-state index in [9.17, 15) is 0 Å². The lowest BCUT2D eigenvalue weighted by Gasteiger charge is -2.38. The maximum atomic E-state index is 2.76. The highest BCUT2D eigenvalue weighted by molar-refractivity contribution is 4.91. The van der Waals surface area contributed by atoms with Crippen molar-refractivity contribution in [2.24, 2.45) is 29.6 Å². The number of hydrogen-bond acceptors (Lipinski definition) is 1. The molecule has 1 aliphatic heterocycles. The number of nitrogens with zero attached hydrogens (tertiary/aromatic N) is 1. The Morgan fingerprint density at radius 1 is 0.706 bits per heavy atom. The van der Waals surface area contributed by atoms with Crippen molar-refractivity contribution in [2.45, 2.75) is 67.5 Å². The van der Waals surface area contributed by atoms with Crippen molar-refractivity contribution in [3.8, 4) is 0 Å². The lowest BCUT2D eigenvalue weighted by molar-refractivity contribution is 0.0901. The summed E-state index contributed by atoms with van der Waals surface area (Å²) >= 11 is 0. The van der Waals surface area contributed by atoms with Crippen LogP contribution in [0.1, 0.15) is 55.4 Å². The molecule has 1 heterocycles. The Morgan fingerprint density at radius 2 is 1.06 bits per heavy atom. The first-order chi connectivity index (χ1) is 7.77. The summed E-state index contributed by atoms with van der Waals surface area (Å²) in [7, 11) is 0. The molecule has 6 unspecified atom stereocenters. The van der Waals surface area contributed by atoms with Crippen LogP contribution in [-0.4, -0.2) is 23.5 Å². The highest BCUT2D eigenvalue weighted by atomic mass is 15.2. The topological polar surface area (TPSA) is 3.24 Å². The fourth-order valence-corrected chi connectivity index (χ4v) is 3.57. The first-order valence-corrected chi connectivity index (χ1v) is 7.53. The Kier molecular flexibility index (Phi) is 5.07. The van der Waals surface area contributed by atoms with E-state index >= 15 is 0 Å². The normalized spacial score (nSPS) is 45.0. The van der Waals surface area contributed by atoms with E-state index < -0.39 is 0 Å². The summed E-state index contributed by atoms with van der Waals surface area (Å²) in [5.74, 6) is 4.04. The molecule has 0 saturated carbocycles. The maximum Gasteiger partial charge on any atom is 0.00982 e. The van der Waals surface area contributed by atoms with Crippen LogP contribution in [0.3, 0.4) is 0 Å². The lowest BCUT2D eigenvalue weighted by Crippen LogP contribution is -2.46. The molecule has 0 aliphatic carbocycles. The highest BCUT2D eigenvalue weighted by Crippen LogP contribution is 2.38. The van der Waals surface area contributed by atoms with Crippen LogP contribution in [0.25, 0.3) is 0 Å². The van der Waals surface area contributed by atoms with Gasteiger partial charge in [-0.15, -0.1) is 0 Å². The second kappa shape index (κ2) is 5.73. The Bertz CT molecular complexity index is 216. The largest absolute Gasteiger partial charge is 0.297 e. The zero-order valence-corrected chi connectivity index (χ0v) is 13.2. The minimum Gasteiger partial charge on any atom is -0.297 e. The first kappa shape index (κ1) is 15.0. The summed E-state index contributed by atoms with van der Waals surface area (Å²) in [5, 5.41) is 0. The molecule has 0 N–H and O–H groups in total. The van der Waals surface area contributed by atoms with E-state index in [1.807, 2.05) is 0 Å². The first-order valence-electron chi connectivity index (χ1n) is 7.53. The van der Waals surface area contributed by atoms with Crippen molar-refractivity contribution in [1.82, 2.24) is 4.90 Å². The van der Waals surface area contributed by atoms with Gasteiger partial charge in [0.05, 0.1) is 0 Å². The molecule has 0 spiro atoms. The smallest absolute Gasteiger partial charge is 0.00982 e. The molecule has 1 rings (SSSR count). The van der Waals surface area contributed by atoms with Crippen molar-refractivity contribution < 1.29 is 0 Å². The Labute approximate surface area is 109 Å². The molecule has 6 atom stereocenters. The zero-order valence-electron chi connectivity index (χ0n) is 13.2. The van der Waals surface area contributed by atoms with E-state index in [2.05, 4.69) is 60.3 Å². The maximum absolute atomic E-state index is 2.76. The van der Waals surface area contributed by atoms with Gasteiger partial charge >= 0.3 is 0 Å². The van der Waals surface area contributed by atoms with Gasteiger partial charge in [0.2, 0.25) is 0 Å². The molecule has 1 nitrogen and oxygen atoms in total. The van der Waals surface area contributed by atoms with Crippen molar-refractivity contribution in [1.29, 1.82) is 0 Å². The second-order valence-electron chi connectivity index (χ2n) is 7.01. The van der Waals surface area contributed by atoms with Crippen LogP contribution in [0, 0.1) is 29.6 Å². The van der Waals surface area contributed by atoms with Crippen LogP contribution in [0.4, 0.5) is 0 Å². The van der Waals surface area contributed by atoms with Gasteiger partial charge in [-0.2, -0.15) is 0 Å². The second-order valence-corrected chi connectivity index (χ2v) is 7.01. The number of rotatable bonds is 2. The molecular formula is C16H33N. The van der Waals surface area contributed by atoms with Crippen LogP contribution >= 0.6 is 0 Å². The summed E-state index contributed by atoms with van der Waals surface area (Å²) in [6, 6.07) is 1.43. The molecule has 0 aromatic rings. The summed E-state index contributed by atoms with van der Waals surface area (Å²) < 4.78 is 0. The molecule has 0 amide bonds. The molecule has 102 valence electrons. The lowest BCUT2D eigenvalue weighted by atomic mass is 9.77. The molecule has 1 fully saturated rings. The molecule has 0 radical (unpaired) electrons. The summed E-state index contributed by atoms with van der Waals surface area (Å²) in [6.45, 7) is 20.6. The van der Waals surface area contributed by atoms with E-state index in [4.69, 9.17) is 0 Å². The van der Waals surface area contributed by atoms with Gasteiger partial charge in [-0.3, -0.25) is 4.90 Å². The van der Waals surface area contributed by atoms with Gasteiger partial charge in [0.1, 0.15) is 0 Å². The molecule has 1 heteroatoms. The van der Waals surface area contributed by atoms with Crippen LogP contribution in [0.2, 0.25) is 0 Å². The van der Waals surface area contributed by atoms with Crippen LogP contribution in [-0.2, 0) is 0 Å². The van der Waals surface area contributed by atoms with E-state index in [1.54, 1.807) is 0 Å². The van der Waals surface area contributed by atoms with E-state index in [1.165, 1.54) is 6.54 Å². The van der Waals surface area contributed by atoms with Crippen molar-refractivity contribution in [2.75, 3.05) is 6.54 Å². The quantitative estimate of drug-likeness (QED) is 0.695. The van der Waals surface area contributed by atoms with Gasteiger partial charge in [0.25, 0.3) is 0 Å². The van der Waals surface area contributed by atoms with Gasteiger partial charge < -0.3 is 0 Å². The van der Waals surface area contributed by atoms with Crippen molar-refractivity contribution in [3.63, 3.8) is 0 Å². The van der Waals surface area contributed by atoms with Crippen molar-refractivity contribution in [3.05, 3.63) is 0 Å². The Hall–Kier alpha value is -0.0400. The van der Waals surface area contributed by atoms with Gasteiger partial charge in [-0.25, -0.2) is 0 Å². The fraction of sp³-hybridized carbons (Fsp3) is 1.00. The standard InChI is InChI=1S/C16H33N/c1-10(2)9-17-15(7)13(5)11(3)12(4)14(6)16(17)8/h10-16H,9H2,1-8H3. The zero-order chi connectivity index (χ0) is 13.3. The van der Waals surface area contributed by atoms with Crippen LogP contribution in [0.15, 0.2) is 0 Å². The summed E-state index contributed by atoms with van der Waals surface area (Å²) in [5.41, 5.74) is 0. The third-order valence-electron chi connectivity index (χ3n) is 5.63. The average molecular weight is 239 g/mol. The van der Waals surface area contributed by atoms with Gasteiger partial charge in [0, 0.05) is 18.6 Å². The Morgan fingerprint density at radius 3 is 1.35 bits per heavy atom. The van der Waals surface area contributed by atoms with Crippen LogP contribution < -0.4 is 0 Å². The summed E-state index contributed by atoms with van der Waals surface area (Å²) in [4.78, 5) is 2.76. The third-order valence-corrected chi connectivity index (χ3v) is 5.63. The number of hydrogen-bond donors (Lipinski definition) is 0. The van der Waals surface area contributed by atoms with Gasteiger partial charge in [0.15, 0.2) is 0 Å². The number of likely N-dealkylation sites (tertiary alicyclic amines) is 1. The van der Waals surface area contributed by atoms with Crippen molar-refractivity contribution >= 4 is 0 Å². The minimum atomic E-state index is 0.717. The van der Waals surface area contributed by atoms with Gasteiger partial charge in [-0.1, -0.05) is 41.5 Å². The molecule has 0 aromatic heterocycles. The molecular weight excluding hydrogens is 206 g/mol. The van der Waals surface area contributed by atoms with E-state index in [-0.39, 0.29) is 0 Å². The monoisotopic (exact) mass is 239 g/mol. The SMILES string of the molecule is CC(C)CN1C(C)C(C)C(C)C(C)C(C)C1C. The molecule has 0 bridgehead atoms. The predicted molar refractivity (Wildman–Crippen MR) is 77.1 cm³/mol. The molecule has 17 heavy (non-hydrogen) atoms. The predicted octanol–water partition coefficient (Wildman–Crippen LogP) is 4.28. The third kappa shape index (κ3) is 3.05. The van der Waals surface area contributed by atoms with Gasteiger partial charge in [-0.05, 0) is 43.4 Å². The highest BCUT2D eigenvalue weighted by Gasteiger charge is 2.39. The average Bonchev–Trinajstić information content (AvgIpc) is 2.32. The molecule has 1 aliphatic rings. The molecule has 1 saturated heterocycles. The summed E-state index contributed by atoms with van der Waals surface area (Å²) in [6.07, 6.45) is 0. The van der Waals surface area contributed by atoms with Crippen LogP contribution in [0.5, 0.6) is 0 Å².